The molecule has 1 aromatic heterocycles. The van der Waals surface area contributed by atoms with Crippen molar-refractivity contribution in [2.24, 2.45) is 0 Å². The fourth-order valence-electron chi connectivity index (χ4n) is 12.6. The molecule has 14 rings (SSSR count). The quantitative estimate of drug-likeness (QED) is 0.147. The lowest BCUT2D eigenvalue weighted by atomic mass is 9.82. The van der Waals surface area contributed by atoms with Crippen LogP contribution in [0.3, 0.4) is 0 Å². The van der Waals surface area contributed by atoms with Gasteiger partial charge in [0.15, 0.2) is 0 Å². The van der Waals surface area contributed by atoms with Crippen molar-refractivity contribution in [3.8, 4) is 72.4 Å². The van der Waals surface area contributed by atoms with E-state index in [1.807, 2.05) is 0 Å². The standard InChI is InChI=1S/C72H54N2/c1-71(2)64-31-17-15-29-59(64)70-65(71)32-19-33-68(70)73(57-27-18-24-50(43-57)54-41-52(47-20-8-5-9-21-47)40-53(42-54)48-22-10-6-11-23-48)56-37-34-49(35-38-56)51-36-39-67-61(44-51)62-45-60-58-28-14-16-30-63(58)72(3,4)66(60)46-69(62)74(67)55-25-12-7-13-26-55/h5-46H,1-4H3. The maximum Gasteiger partial charge on any atom is 0.0544 e. The Hall–Kier alpha value is -8.98. The molecule has 0 unspecified atom stereocenters. The van der Waals surface area contributed by atoms with Crippen molar-refractivity contribution < 1.29 is 0 Å². The Balaban J connectivity index is 0.926. The first-order valence-corrected chi connectivity index (χ1v) is 26.0. The fourth-order valence-corrected chi connectivity index (χ4v) is 12.6. The first kappa shape index (κ1) is 43.8. The lowest BCUT2D eigenvalue weighted by Crippen LogP contribution is -2.16. The van der Waals surface area contributed by atoms with E-state index in [4.69, 9.17) is 0 Å². The predicted octanol–water partition coefficient (Wildman–Crippen LogP) is 19.5. The van der Waals surface area contributed by atoms with Crippen molar-refractivity contribution in [1.82, 2.24) is 4.57 Å². The molecule has 0 N–H and O–H groups in total. The summed E-state index contributed by atoms with van der Waals surface area (Å²) >= 11 is 0. The average Bonchev–Trinajstić information content (AvgIpc) is 3.99. The summed E-state index contributed by atoms with van der Waals surface area (Å²) in [5.41, 5.74) is 27.0. The Morgan fingerprint density at radius 2 is 0.797 bits per heavy atom. The van der Waals surface area contributed by atoms with Gasteiger partial charge in [0.25, 0.3) is 0 Å². The molecule has 2 nitrogen and oxygen atoms in total. The van der Waals surface area contributed by atoms with Crippen LogP contribution >= 0.6 is 0 Å². The maximum absolute atomic E-state index is 2.49. The Kier molecular flexibility index (Phi) is 9.94. The molecule has 0 aliphatic heterocycles. The van der Waals surface area contributed by atoms with Crippen LogP contribution in [0.25, 0.3) is 94.3 Å². The van der Waals surface area contributed by atoms with E-state index in [-0.39, 0.29) is 10.8 Å². The van der Waals surface area contributed by atoms with Gasteiger partial charge in [-0.1, -0.05) is 198 Å². The van der Waals surface area contributed by atoms with Crippen LogP contribution in [0.5, 0.6) is 0 Å². The zero-order valence-corrected chi connectivity index (χ0v) is 42.1. The molecule has 0 amide bonds. The summed E-state index contributed by atoms with van der Waals surface area (Å²) in [5, 5.41) is 2.52. The van der Waals surface area contributed by atoms with Crippen LogP contribution in [-0.2, 0) is 10.8 Å². The number of benzene rings is 11. The van der Waals surface area contributed by atoms with E-state index in [1.54, 1.807) is 0 Å². The lowest BCUT2D eigenvalue weighted by molar-refractivity contribution is 0.660. The molecule has 74 heavy (non-hydrogen) atoms. The van der Waals surface area contributed by atoms with Crippen LogP contribution in [0.1, 0.15) is 49.9 Å². The third-order valence-electron chi connectivity index (χ3n) is 16.4. The summed E-state index contributed by atoms with van der Waals surface area (Å²) in [6, 6.07) is 94.6. The summed E-state index contributed by atoms with van der Waals surface area (Å²) < 4.78 is 2.46. The van der Waals surface area contributed by atoms with E-state index in [9.17, 15) is 0 Å². The van der Waals surface area contributed by atoms with E-state index in [0.717, 1.165) is 16.9 Å². The summed E-state index contributed by atoms with van der Waals surface area (Å²) in [7, 11) is 0. The molecular formula is C72H54N2. The van der Waals surface area contributed by atoms with Crippen molar-refractivity contribution in [3.05, 3.63) is 277 Å². The molecule has 0 radical (unpaired) electrons. The summed E-state index contributed by atoms with van der Waals surface area (Å²) in [4.78, 5) is 2.49. The van der Waals surface area contributed by atoms with Crippen LogP contribution in [0.4, 0.5) is 17.1 Å². The second-order valence-electron chi connectivity index (χ2n) is 21.3. The number of hydrogen-bond donors (Lipinski definition) is 0. The molecule has 12 aromatic rings. The Morgan fingerprint density at radius 1 is 0.297 bits per heavy atom. The van der Waals surface area contributed by atoms with Gasteiger partial charge in [-0.25, -0.2) is 0 Å². The minimum Gasteiger partial charge on any atom is -0.310 e. The first-order chi connectivity index (χ1) is 36.2. The van der Waals surface area contributed by atoms with Gasteiger partial charge in [0.2, 0.25) is 0 Å². The topological polar surface area (TPSA) is 8.17 Å². The van der Waals surface area contributed by atoms with E-state index in [1.165, 1.54) is 117 Å². The van der Waals surface area contributed by atoms with Crippen LogP contribution in [-0.4, -0.2) is 4.57 Å². The first-order valence-electron chi connectivity index (χ1n) is 26.0. The van der Waals surface area contributed by atoms with E-state index in [2.05, 4.69) is 292 Å². The van der Waals surface area contributed by atoms with Gasteiger partial charge in [0.05, 0.1) is 16.7 Å². The molecule has 2 heteroatoms. The normalized spacial score (nSPS) is 13.6. The number of para-hydroxylation sites is 1. The Bertz CT molecular complexity index is 4100. The second kappa shape index (κ2) is 16.8. The molecular weight excluding hydrogens is 893 g/mol. The highest BCUT2D eigenvalue weighted by atomic mass is 15.1. The number of rotatable bonds is 8. The molecule has 2 aliphatic rings. The number of aromatic nitrogens is 1. The number of anilines is 3. The van der Waals surface area contributed by atoms with Crippen molar-refractivity contribution in [1.29, 1.82) is 0 Å². The molecule has 0 fully saturated rings. The van der Waals surface area contributed by atoms with Crippen molar-refractivity contribution in [3.63, 3.8) is 0 Å². The van der Waals surface area contributed by atoms with Crippen molar-refractivity contribution in [2.45, 2.75) is 38.5 Å². The molecule has 0 saturated carbocycles. The van der Waals surface area contributed by atoms with E-state index in [0.29, 0.717) is 0 Å². The number of fused-ring (bicyclic) bond motifs is 9. The third kappa shape index (κ3) is 6.86. The van der Waals surface area contributed by atoms with Gasteiger partial charge in [-0.15, -0.1) is 0 Å². The summed E-state index contributed by atoms with van der Waals surface area (Å²) in [5.74, 6) is 0. The van der Waals surface area contributed by atoms with Gasteiger partial charge in [-0.05, 0) is 168 Å². The minimum absolute atomic E-state index is 0.0983. The summed E-state index contributed by atoms with van der Waals surface area (Å²) in [6.45, 7) is 9.48. The van der Waals surface area contributed by atoms with Gasteiger partial charge in [-0.3, -0.25) is 0 Å². The lowest BCUT2D eigenvalue weighted by Gasteiger charge is -2.29. The third-order valence-corrected chi connectivity index (χ3v) is 16.4. The zero-order chi connectivity index (χ0) is 49.7. The molecule has 0 saturated heterocycles. The molecule has 1 heterocycles. The Morgan fingerprint density at radius 3 is 1.49 bits per heavy atom. The van der Waals surface area contributed by atoms with Crippen LogP contribution < -0.4 is 4.90 Å². The molecule has 0 bridgehead atoms. The van der Waals surface area contributed by atoms with Gasteiger partial charge in [0, 0.05) is 44.2 Å². The minimum atomic E-state index is -0.146. The predicted molar refractivity (Wildman–Crippen MR) is 312 cm³/mol. The molecule has 0 atom stereocenters. The average molecular weight is 947 g/mol. The number of hydrogen-bond acceptors (Lipinski definition) is 1. The van der Waals surface area contributed by atoms with Gasteiger partial charge in [0.1, 0.15) is 0 Å². The van der Waals surface area contributed by atoms with Crippen molar-refractivity contribution >= 4 is 38.9 Å². The highest BCUT2D eigenvalue weighted by Gasteiger charge is 2.38. The van der Waals surface area contributed by atoms with E-state index >= 15 is 0 Å². The van der Waals surface area contributed by atoms with Gasteiger partial charge >= 0.3 is 0 Å². The van der Waals surface area contributed by atoms with Crippen LogP contribution in [0.2, 0.25) is 0 Å². The van der Waals surface area contributed by atoms with Gasteiger partial charge < -0.3 is 9.47 Å². The van der Waals surface area contributed by atoms with Crippen LogP contribution in [0, 0.1) is 0 Å². The SMILES string of the molecule is CC1(C)c2ccccc2-c2cc3c4cc(-c5ccc(N(c6cccc(-c7cc(-c8ccccc8)cc(-c8ccccc8)c7)c6)c6cccc7c6-c6ccccc6C7(C)C)cc5)ccc4n(-c4ccccc4)c3cc21. The Labute approximate surface area is 434 Å². The smallest absolute Gasteiger partial charge is 0.0544 e. The highest BCUT2D eigenvalue weighted by molar-refractivity contribution is 6.13. The highest BCUT2D eigenvalue weighted by Crippen LogP contribution is 2.55. The summed E-state index contributed by atoms with van der Waals surface area (Å²) in [6.07, 6.45) is 0. The van der Waals surface area contributed by atoms with E-state index < -0.39 is 0 Å². The van der Waals surface area contributed by atoms with Crippen molar-refractivity contribution in [2.75, 3.05) is 4.90 Å². The molecule has 0 spiro atoms. The fraction of sp³-hybridized carbons (Fsp3) is 0.0833. The molecule has 2 aliphatic carbocycles. The maximum atomic E-state index is 2.49. The molecule has 11 aromatic carbocycles. The van der Waals surface area contributed by atoms with Gasteiger partial charge in [-0.2, -0.15) is 0 Å². The molecule has 352 valence electrons. The monoisotopic (exact) mass is 946 g/mol. The second-order valence-corrected chi connectivity index (χ2v) is 21.3. The van der Waals surface area contributed by atoms with Crippen LogP contribution in [0.15, 0.2) is 255 Å². The largest absolute Gasteiger partial charge is 0.310 e. The zero-order valence-electron chi connectivity index (χ0n) is 42.1. The number of nitrogens with zero attached hydrogens (tertiary/aromatic N) is 2.